The van der Waals surface area contributed by atoms with Gasteiger partial charge in [-0.15, -0.1) is 0 Å². The van der Waals surface area contributed by atoms with Gasteiger partial charge in [-0.25, -0.2) is 0 Å². The van der Waals surface area contributed by atoms with Crippen molar-refractivity contribution in [3.63, 3.8) is 0 Å². The van der Waals surface area contributed by atoms with Gasteiger partial charge in [-0.1, -0.05) is 31.2 Å². The van der Waals surface area contributed by atoms with Crippen LogP contribution in [0.1, 0.15) is 25.0 Å². The first-order valence-electron chi connectivity index (χ1n) is 6.90. The Kier molecular flexibility index (Phi) is 5.17. The molecule has 1 aromatic rings. The Balaban J connectivity index is 1.91. The lowest BCUT2D eigenvalue weighted by atomic mass is 10.1. The minimum atomic E-state index is 0.365. The van der Waals surface area contributed by atoms with E-state index in [4.69, 9.17) is 4.74 Å². The predicted molar refractivity (Wildman–Crippen MR) is 74.5 cm³/mol. The SMILES string of the molecule is CCNCc1cccc(CN2CCOC(C)C2)c1. The van der Waals surface area contributed by atoms with Crippen LogP contribution in [0.15, 0.2) is 24.3 Å². The summed E-state index contributed by atoms with van der Waals surface area (Å²) in [6.07, 6.45) is 0.365. The number of benzene rings is 1. The highest BCUT2D eigenvalue weighted by Gasteiger charge is 2.16. The van der Waals surface area contributed by atoms with Gasteiger partial charge in [-0.3, -0.25) is 4.90 Å². The Labute approximate surface area is 110 Å². The number of hydrogen-bond acceptors (Lipinski definition) is 3. The van der Waals surface area contributed by atoms with E-state index in [1.165, 1.54) is 11.1 Å². The molecular weight excluding hydrogens is 224 g/mol. The molecular formula is C15H24N2O. The van der Waals surface area contributed by atoms with Gasteiger partial charge in [-0.2, -0.15) is 0 Å². The maximum absolute atomic E-state index is 5.57. The second kappa shape index (κ2) is 6.88. The maximum atomic E-state index is 5.57. The minimum Gasteiger partial charge on any atom is -0.376 e. The highest BCUT2D eigenvalue weighted by Crippen LogP contribution is 2.12. The molecule has 18 heavy (non-hydrogen) atoms. The highest BCUT2D eigenvalue weighted by molar-refractivity contribution is 5.23. The van der Waals surface area contributed by atoms with E-state index in [0.717, 1.165) is 39.3 Å². The first kappa shape index (κ1) is 13.5. The Morgan fingerprint density at radius 2 is 2.22 bits per heavy atom. The van der Waals surface area contributed by atoms with Crippen LogP contribution in [0.3, 0.4) is 0 Å². The van der Waals surface area contributed by atoms with E-state index >= 15 is 0 Å². The van der Waals surface area contributed by atoms with E-state index < -0.39 is 0 Å². The van der Waals surface area contributed by atoms with Crippen LogP contribution in [0.5, 0.6) is 0 Å². The van der Waals surface area contributed by atoms with E-state index in [-0.39, 0.29) is 0 Å². The summed E-state index contributed by atoms with van der Waals surface area (Å²) >= 11 is 0. The molecule has 0 aliphatic carbocycles. The first-order chi connectivity index (χ1) is 8.78. The maximum Gasteiger partial charge on any atom is 0.0674 e. The molecule has 0 spiro atoms. The third-order valence-electron chi connectivity index (χ3n) is 3.30. The number of morpholine rings is 1. The van der Waals surface area contributed by atoms with Crippen LogP contribution in [0, 0.1) is 0 Å². The lowest BCUT2D eigenvalue weighted by Crippen LogP contribution is -2.40. The second-order valence-electron chi connectivity index (χ2n) is 5.02. The summed E-state index contributed by atoms with van der Waals surface area (Å²) < 4.78 is 5.57. The molecule has 0 saturated carbocycles. The molecule has 0 aromatic heterocycles. The van der Waals surface area contributed by atoms with E-state index in [1.54, 1.807) is 0 Å². The van der Waals surface area contributed by atoms with Crippen molar-refractivity contribution in [2.24, 2.45) is 0 Å². The Morgan fingerprint density at radius 1 is 1.39 bits per heavy atom. The third-order valence-corrected chi connectivity index (χ3v) is 3.30. The van der Waals surface area contributed by atoms with Crippen molar-refractivity contribution in [1.82, 2.24) is 10.2 Å². The summed E-state index contributed by atoms with van der Waals surface area (Å²) in [5, 5.41) is 3.37. The zero-order valence-corrected chi connectivity index (χ0v) is 11.5. The van der Waals surface area contributed by atoms with Crippen LogP contribution in [0.25, 0.3) is 0 Å². The average molecular weight is 248 g/mol. The van der Waals surface area contributed by atoms with Gasteiger partial charge in [-0.05, 0) is 24.6 Å². The fourth-order valence-corrected chi connectivity index (χ4v) is 2.40. The second-order valence-corrected chi connectivity index (χ2v) is 5.02. The Hall–Kier alpha value is -0.900. The number of rotatable bonds is 5. The van der Waals surface area contributed by atoms with Gasteiger partial charge >= 0.3 is 0 Å². The molecule has 3 nitrogen and oxygen atoms in total. The molecule has 1 aromatic carbocycles. The number of nitrogens with zero attached hydrogens (tertiary/aromatic N) is 1. The quantitative estimate of drug-likeness (QED) is 0.863. The summed E-state index contributed by atoms with van der Waals surface area (Å²) in [6.45, 7) is 10.2. The largest absolute Gasteiger partial charge is 0.376 e. The van der Waals surface area contributed by atoms with Gasteiger partial charge in [0.15, 0.2) is 0 Å². The van der Waals surface area contributed by atoms with E-state index in [1.807, 2.05) is 0 Å². The lowest BCUT2D eigenvalue weighted by Gasteiger charge is -2.31. The van der Waals surface area contributed by atoms with Gasteiger partial charge in [0.2, 0.25) is 0 Å². The molecule has 1 fully saturated rings. The fraction of sp³-hybridized carbons (Fsp3) is 0.600. The van der Waals surface area contributed by atoms with Crippen LogP contribution in [-0.2, 0) is 17.8 Å². The van der Waals surface area contributed by atoms with Crippen LogP contribution >= 0.6 is 0 Å². The van der Waals surface area contributed by atoms with Crippen LogP contribution in [0.2, 0.25) is 0 Å². The molecule has 0 radical (unpaired) electrons. The van der Waals surface area contributed by atoms with E-state index in [2.05, 4.69) is 48.3 Å². The average Bonchev–Trinajstić information content (AvgIpc) is 2.37. The molecule has 1 atom stereocenters. The Morgan fingerprint density at radius 3 is 3.00 bits per heavy atom. The van der Waals surface area contributed by atoms with E-state index in [0.29, 0.717) is 6.10 Å². The smallest absolute Gasteiger partial charge is 0.0674 e. The van der Waals surface area contributed by atoms with Gasteiger partial charge in [0.1, 0.15) is 0 Å². The van der Waals surface area contributed by atoms with Gasteiger partial charge in [0.25, 0.3) is 0 Å². The summed E-state index contributed by atoms with van der Waals surface area (Å²) in [4.78, 5) is 2.47. The van der Waals surface area contributed by atoms with Crippen molar-refractivity contribution in [2.75, 3.05) is 26.2 Å². The molecule has 1 heterocycles. The molecule has 1 N–H and O–H groups in total. The number of hydrogen-bond donors (Lipinski definition) is 1. The summed E-state index contributed by atoms with van der Waals surface area (Å²) in [5.41, 5.74) is 2.77. The van der Waals surface area contributed by atoms with Crippen molar-refractivity contribution in [3.8, 4) is 0 Å². The van der Waals surface area contributed by atoms with Crippen molar-refractivity contribution in [3.05, 3.63) is 35.4 Å². The summed E-state index contributed by atoms with van der Waals surface area (Å²) in [6, 6.07) is 8.87. The van der Waals surface area contributed by atoms with Gasteiger partial charge in [0, 0.05) is 26.2 Å². The van der Waals surface area contributed by atoms with Crippen LogP contribution < -0.4 is 5.32 Å². The van der Waals surface area contributed by atoms with Gasteiger partial charge in [0.05, 0.1) is 12.7 Å². The molecule has 1 unspecified atom stereocenters. The molecule has 0 bridgehead atoms. The number of nitrogens with one attached hydrogen (secondary N) is 1. The molecule has 2 rings (SSSR count). The van der Waals surface area contributed by atoms with E-state index in [9.17, 15) is 0 Å². The number of ether oxygens (including phenoxy) is 1. The monoisotopic (exact) mass is 248 g/mol. The first-order valence-corrected chi connectivity index (χ1v) is 6.90. The lowest BCUT2D eigenvalue weighted by molar-refractivity contribution is -0.0212. The zero-order valence-electron chi connectivity index (χ0n) is 11.5. The molecule has 100 valence electrons. The molecule has 1 saturated heterocycles. The minimum absolute atomic E-state index is 0.365. The van der Waals surface area contributed by atoms with Crippen LogP contribution in [-0.4, -0.2) is 37.2 Å². The zero-order chi connectivity index (χ0) is 12.8. The molecule has 1 aliphatic heterocycles. The summed E-state index contributed by atoms with van der Waals surface area (Å²) in [7, 11) is 0. The summed E-state index contributed by atoms with van der Waals surface area (Å²) in [5.74, 6) is 0. The Bertz CT molecular complexity index is 367. The highest BCUT2D eigenvalue weighted by atomic mass is 16.5. The van der Waals surface area contributed by atoms with Crippen molar-refractivity contribution in [1.29, 1.82) is 0 Å². The van der Waals surface area contributed by atoms with Crippen molar-refractivity contribution >= 4 is 0 Å². The van der Waals surface area contributed by atoms with Crippen molar-refractivity contribution < 1.29 is 4.74 Å². The normalized spacial score (nSPS) is 21.1. The standard InChI is InChI=1S/C15H24N2O/c1-3-16-10-14-5-4-6-15(9-14)12-17-7-8-18-13(2)11-17/h4-6,9,13,16H,3,7-8,10-12H2,1-2H3. The van der Waals surface area contributed by atoms with Gasteiger partial charge < -0.3 is 10.1 Å². The van der Waals surface area contributed by atoms with Crippen molar-refractivity contribution in [2.45, 2.75) is 33.0 Å². The molecule has 3 heteroatoms. The fourth-order valence-electron chi connectivity index (χ4n) is 2.40. The topological polar surface area (TPSA) is 24.5 Å². The third kappa shape index (κ3) is 4.09. The van der Waals surface area contributed by atoms with Crippen LogP contribution in [0.4, 0.5) is 0 Å². The molecule has 0 amide bonds. The predicted octanol–water partition coefficient (Wildman–Crippen LogP) is 2.02. The molecule has 1 aliphatic rings.